The number of rotatable bonds is 2. The van der Waals surface area contributed by atoms with Crippen LogP contribution in [0.1, 0.15) is 46.5 Å². The first-order valence-corrected chi connectivity index (χ1v) is 8.37. The summed E-state index contributed by atoms with van der Waals surface area (Å²) in [6, 6.07) is 0. The van der Waals surface area contributed by atoms with Gasteiger partial charge in [0.25, 0.3) is 0 Å². The SMILES string of the molecule is CC(=O)OC1CCC2C(C)CC3OC(=O)C(C)C3CC12CO. The fraction of sp³-hybridized carbons (Fsp3) is 0.882. The van der Waals surface area contributed by atoms with E-state index in [-0.39, 0.29) is 42.6 Å². The van der Waals surface area contributed by atoms with Crippen molar-refractivity contribution in [3.8, 4) is 0 Å². The van der Waals surface area contributed by atoms with E-state index in [0.717, 1.165) is 19.3 Å². The number of ether oxygens (including phenoxy) is 2. The molecule has 3 aliphatic rings. The molecule has 1 saturated heterocycles. The van der Waals surface area contributed by atoms with E-state index in [1.807, 2.05) is 6.92 Å². The third kappa shape index (κ3) is 2.25. The molecule has 2 aliphatic carbocycles. The molecule has 0 spiro atoms. The molecule has 0 amide bonds. The van der Waals surface area contributed by atoms with E-state index >= 15 is 0 Å². The summed E-state index contributed by atoms with van der Waals surface area (Å²) >= 11 is 0. The van der Waals surface area contributed by atoms with Crippen LogP contribution in [0.4, 0.5) is 0 Å². The minimum atomic E-state index is -0.424. The van der Waals surface area contributed by atoms with Crippen molar-refractivity contribution >= 4 is 11.9 Å². The molecule has 7 unspecified atom stereocenters. The fourth-order valence-corrected chi connectivity index (χ4v) is 5.28. The summed E-state index contributed by atoms with van der Waals surface area (Å²) in [5.41, 5.74) is -0.424. The van der Waals surface area contributed by atoms with Gasteiger partial charge >= 0.3 is 11.9 Å². The van der Waals surface area contributed by atoms with Gasteiger partial charge in [-0.2, -0.15) is 0 Å². The van der Waals surface area contributed by atoms with Gasteiger partial charge in [-0.25, -0.2) is 0 Å². The topological polar surface area (TPSA) is 72.8 Å². The van der Waals surface area contributed by atoms with Gasteiger partial charge in [0.1, 0.15) is 12.2 Å². The third-order valence-corrected chi connectivity index (χ3v) is 6.39. The zero-order valence-corrected chi connectivity index (χ0v) is 13.6. The molecule has 0 aromatic heterocycles. The molecule has 1 aliphatic heterocycles. The molecule has 7 atom stereocenters. The second kappa shape index (κ2) is 5.52. The van der Waals surface area contributed by atoms with Gasteiger partial charge in [-0.05, 0) is 37.5 Å². The number of fused-ring (bicyclic) bond motifs is 2. The summed E-state index contributed by atoms with van der Waals surface area (Å²) < 4.78 is 11.1. The molecule has 0 radical (unpaired) electrons. The van der Waals surface area contributed by atoms with Gasteiger partial charge in [-0.1, -0.05) is 13.8 Å². The minimum Gasteiger partial charge on any atom is -0.462 e. The zero-order valence-electron chi connectivity index (χ0n) is 13.6. The lowest BCUT2D eigenvalue weighted by atomic mass is 9.68. The Hall–Kier alpha value is -1.10. The molecule has 3 rings (SSSR count). The fourth-order valence-electron chi connectivity index (χ4n) is 5.28. The highest BCUT2D eigenvalue weighted by Crippen LogP contribution is 2.57. The lowest BCUT2D eigenvalue weighted by Gasteiger charge is -2.40. The van der Waals surface area contributed by atoms with Crippen molar-refractivity contribution in [3.63, 3.8) is 0 Å². The molecule has 2 saturated carbocycles. The monoisotopic (exact) mass is 310 g/mol. The predicted octanol–water partition coefficient (Wildman–Crippen LogP) is 1.91. The van der Waals surface area contributed by atoms with Crippen molar-refractivity contribution in [1.82, 2.24) is 0 Å². The number of aliphatic hydroxyl groups is 1. The van der Waals surface area contributed by atoms with E-state index in [4.69, 9.17) is 9.47 Å². The van der Waals surface area contributed by atoms with Crippen molar-refractivity contribution in [3.05, 3.63) is 0 Å². The quantitative estimate of drug-likeness (QED) is 0.789. The van der Waals surface area contributed by atoms with Crippen LogP contribution in [0.15, 0.2) is 0 Å². The Morgan fingerprint density at radius 3 is 2.77 bits per heavy atom. The minimum absolute atomic E-state index is 0.00405. The number of carbonyl (C=O) groups is 2. The van der Waals surface area contributed by atoms with Crippen molar-refractivity contribution in [2.75, 3.05) is 6.61 Å². The van der Waals surface area contributed by atoms with Crippen molar-refractivity contribution in [2.24, 2.45) is 29.1 Å². The molecule has 124 valence electrons. The van der Waals surface area contributed by atoms with Gasteiger partial charge < -0.3 is 14.6 Å². The van der Waals surface area contributed by atoms with Crippen LogP contribution < -0.4 is 0 Å². The Labute approximate surface area is 131 Å². The van der Waals surface area contributed by atoms with Gasteiger partial charge in [-0.15, -0.1) is 0 Å². The highest BCUT2D eigenvalue weighted by molar-refractivity contribution is 5.74. The molecule has 1 heterocycles. The predicted molar refractivity (Wildman–Crippen MR) is 78.7 cm³/mol. The van der Waals surface area contributed by atoms with Crippen LogP contribution in [0.3, 0.4) is 0 Å². The van der Waals surface area contributed by atoms with Crippen LogP contribution in [0, 0.1) is 29.1 Å². The Morgan fingerprint density at radius 2 is 2.14 bits per heavy atom. The molecule has 5 heteroatoms. The molecule has 0 aromatic rings. The normalized spacial score (nSPS) is 47.4. The van der Waals surface area contributed by atoms with Crippen molar-refractivity contribution < 1.29 is 24.2 Å². The van der Waals surface area contributed by atoms with Crippen molar-refractivity contribution in [2.45, 2.75) is 58.7 Å². The highest BCUT2D eigenvalue weighted by atomic mass is 16.6. The largest absolute Gasteiger partial charge is 0.462 e. The van der Waals surface area contributed by atoms with Crippen LogP contribution in [0.25, 0.3) is 0 Å². The zero-order chi connectivity index (χ0) is 16.1. The number of hydrogen-bond donors (Lipinski definition) is 1. The van der Waals surface area contributed by atoms with Gasteiger partial charge in [-0.3, -0.25) is 9.59 Å². The summed E-state index contributed by atoms with van der Waals surface area (Å²) in [5.74, 6) is 0.217. The van der Waals surface area contributed by atoms with E-state index in [2.05, 4.69) is 6.92 Å². The van der Waals surface area contributed by atoms with E-state index in [9.17, 15) is 14.7 Å². The van der Waals surface area contributed by atoms with E-state index in [1.165, 1.54) is 6.92 Å². The highest BCUT2D eigenvalue weighted by Gasteiger charge is 2.59. The van der Waals surface area contributed by atoms with Crippen molar-refractivity contribution in [1.29, 1.82) is 0 Å². The maximum absolute atomic E-state index is 11.9. The number of hydrogen-bond acceptors (Lipinski definition) is 5. The van der Waals surface area contributed by atoms with Gasteiger partial charge in [0.05, 0.1) is 12.5 Å². The molecule has 3 fully saturated rings. The van der Waals surface area contributed by atoms with Gasteiger partial charge in [0.2, 0.25) is 0 Å². The number of aliphatic hydroxyl groups excluding tert-OH is 1. The van der Waals surface area contributed by atoms with Crippen LogP contribution in [-0.4, -0.2) is 35.9 Å². The molecule has 0 bridgehead atoms. The first-order chi connectivity index (χ1) is 10.4. The summed E-state index contributed by atoms with van der Waals surface area (Å²) in [5, 5.41) is 10.2. The average molecular weight is 310 g/mol. The van der Waals surface area contributed by atoms with Crippen LogP contribution >= 0.6 is 0 Å². The summed E-state index contributed by atoms with van der Waals surface area (Å²) in [4.78, 5) is 23.4. The first kappa shape index (κ1) is 15.8. The standard InChI is InChI=1S/C17H26O5/c1-9-6-14-12(10(2)16(20)22-14)7-17(8-18)13(9)4-5-15(17)21-11(3)19/h9-10,12-15,18H,4-8H2,1-3H3. The van der Waals surface area contributed by atoms with Gasteiger partial charge in [0.15, 0.2) is 0 Å². The Kier molecular flexibility index (Phi) is 3.96. The Morgan fingerprint density at radius 1 is 1.41 bits per heavy atom. The molecule has 1 N–H and O–H groups in total. The van der Waals surface area contributed by atoms with E-state index in [0.29, 0.717) is 18.3 Å². The van der Waals surface area contributed by atoms with Gasteiger partial charge in [0, 0.05) is 18.3 Å². The Balaban J connectivity index is 1.95. The van der Waals surface area contributed by atoms with Crippen LogP contribution in [0.5, 0.6) is 0 Å². The molecule has 5 nitrogen and oxygen atoms in total. The maximum atomic E-state index is 11.9. The smallest absolute Gasteiger partial charge is 0.309 e. The molecule has 0 aromatic carbocycles. The average Bonchev–Trinajstić information content (AvgIpc) is 2.88. The summed E-state index contributed by atoms with van der Waals surface area (Å²) in [6.07, 6.45) is 3.01. The number of carbonyl (C=O) groups excluding carboxylic acids is 2. The second-order valence-corrected chi connectivity index (χ2v) is 7.52. The lowest BCUT2D eigenvalue weighted by molar-refractivity contribution is -0.157. The summed E-state index contributed by atoms with van der Waals surface area (Å²) in [7, 11) is 0. The lowest BCUT2D eigenvalue weighted by Crippen LogP contribution is -2.44. The third-order valence-electron chi connectivity index (χ3n) is 6.39. The first-order valence-electron chi connectivity index (χ1n) is 8.37. The molecular weight excluding hydrogens is 284 g/mol. The van der Waals surface area contributed by atoms with E-state index < -0.39 is 5.41 Å². The maximum Gasteiger partial charge on any atom is 0.309 e. The number of esters is 2. The van der Waals surface area contributed by atoms with E-state index in [1.54, 1.807) is 0 Å². The van der Waals surface area contributed by atoms with Crippen LogP contribution in [-0.2, 0) is 19.1 Å². The molecule has 22 heavy (non-hydrogen) atoms. The second-order valence-electron chi connectivity index (χ2n) is 7.52. The molecular formula is C17H26O5. The summed E-state index contributed by atoms with van der Waals surface area (Å²) in [6.45, 7) is 5.51. The van der Waals surface area contributed by atoms with Crippen LogP contribution in [0.2, 0.25) is 0 Å². The Bertz CT molecular complexity index is 476.